The molecule has 1 N–H and O–H groups in total. The molecule has 1 aromatic heterocycles. The lowest BCUT2D eigenvalue weighted by atomic mass is 9.75. The van der Waals surface area contributed by atoms with Crippen LogP contribution in [-0.4, -0.2) is 4.98 Å². The molecule has 0 amide bonds. The molecule has 1 aliphatic rings. The van der Waals surface area contributed by atoms with Crippen molar-refractivity contribution < 1.29 is 0 Å². The lowest BCUT2D eigenvalue weighted by molar-refractivity contribution is 0.598. The van der Waals surface area contributed by atoms with Crippen LogP contribution in [0.1, 0.15) is 49.1 Å². The van der Waals surface area contributed by atoms with Gasteiger partial charge < -0.3 is 9.88 Å². The van der Waals surface area contributed by atoms with Gasteiger partial charge in [-0.25, -0.2) is 0 Å². The van der Waals surface area contributed by atoms with Crippen LogP contribution in [0.15, 0.2) is 121 Å². The zero-order valence-corrected chi connectivity index (χ0v) is 26.5. The maximum Gasteiger partial charge on any atom is 0.0542 e. The Balaban J connectivity index is 1.50. The van der Waals surface area contributed by atoms with E-state index in [1.165, 1.54) is 83.3 Å². The van der Waals surface area contributed by atoms with E-state index in [4.69, 9.17) is 0 Å². The summed E-state index contributed by atoms with van der Waals surface area (Å²) in [4.78, 5) is 6.24. The molecule has 0 radical (unpaired) electrons. The van der Waals surface area contributed by atoms with Crippen molar-refractivity contribution in [2.75, 3.05) is 4.90 Å². The quantitative estimate of drug-likeness (QED) is 0.209. The minimum absolute atomic E-state index is 0.154. The Bertz CT molecular complexity index is 2100. The SMILES string of the molecule is C=C1CC/C=C\N(c2cc(-c3cccc4c(-c5ccccc5C)c(C)[nH]c34)cc3ccccc23)c2c(C)cccc2C1(C)C. The van der Waals surface area contributed by atoms with Crippen molar-refractivity contribution in [2.45, 2.75) is 52.9 Å². The third kappa shape index (κ3) is 4.48. The second-order valence-electron chi connectivity index (χ2n) is 12.9. The van der Waals surface area contributed by atoms with Crippen LogP contribution < -0.4 is 4.90 Å². The van der Waals surface area contributed by atoms with E-state index in [-0.39, 0.29) is 5.41 Å². The maximum atomic E-state index is 4.55. The zero-order chi connectivity index (χ0) is 30.6. The van der Waals surface area contributed by atoms with Crippen LogP contribution >= 0.6 is 0 Å². The highest BCUT2D eigenvalue weighted by Crippen LogP contribution is 2.47. The topological polar surface area (TPSA) is 19.0 Å². The van der Waals surface area contributed by atoms with Crippen LogP contribution in [0.3, 0.4) is 0 Å². The van der Waals surface area contributed by atoms with Crippen LogP contribution in [0.4, 0.5) is 11.4 Å². The van der Waals surface area contributed by atoms with Crippen LogP contribution in [0.25, 0.3) is 43.9 Å². The van der Waals surface area contributed by atoms with Crippen LogP contribution in [0, 0.1) is 20.8 Å². The van der Waals surface area contributed by atoms with Crippen molar-refractivity contribution in [1.82, 2.24) is 4.98 Å². The van der Waals surface area contributed by atoms with Crippen molar-refractivity contribution in [3.63, 3.8) is 0 Å². The zero-order valence-electron chi connectivity index (χ0n) is 26.5. The standard InChI is InChI=1S/C42H40N2/c1-27-15-7-9-19-33(27)39-30(4)43-40-35(21-14-22-36(39)40)32-25-31-18-8-10-20-34(31)38(26-32)44-24-12-11-17-29(3)42(5,6)37-23-13-16-28(2)41(37)44/h7-10,12-16,18-26,43H,3,11,17H2,1-2,4-6H3/b24-12-. The number of hydrogen-bond acceptors (Lipinski definition) is 1. The minimum atomic E-state index is -0.154. The molecule has 0 unspecified atom stereocenters. The minimum Gasteiger partial charge on any atom is -0.358 e. The Hall–Kier alpha value is -4.82. The molecule has 218 valence electrons. The molecule has 6 aromatic rings. The number of nitrogens with one attached hydrogen (secondary N) is 1. The lowest BCUT2D eigenvalue weighted by Crippen LogP contribution is -2.23. The molecule has 2 heteroatoms. The molecule has 0 atom stereocenters. The first-order valence-corrected chi connectivity index (χ1v) is 15.7. The van der Waals surface area contributed by atoms with E-state index >= 15 is 0 Å². The van der Waals surface area contributed by atoms with Gasteiger partial charge in [-0.1, -0.05) is 117 Å². The van der Waals surface area contributed by atoms with Gasteiger partial charge in [-0.2, -0.15) is 0 Å². The van der Waals surface area contributed by atoms with Gasteiger partial charge in [0.25, 0.3) is 0 Å². The van der Waals surface area contributed by atoms with Gasteiger partial charge >= 0.3 is 0 Å². The Morgan fingerprint density at radius 2 is 1.45 bits per heavy atom. The highest BCUT2D eigenvalue weighted by molar-refractivity contribution is 6.07. The summed E-state index contributed by atoms with van der Waals surface area (Å²) < 4.78 is 0. The molecule has 0 spiro atoms. The summed E-state index contributed by atoms with van der Waals surface area (Å²) in [5.41, 5.74) is 14.8. The largest absolute Gasteiger partial charge is 0.358 e. The van der Waals surface area contributed by atoms with Crippen LogP contribution in [-0.2, 0) is 5.41 Å². The summed E-state index contributed by atoms with van der Waals surface area (Å²) in [7, 11) is 0. The molecule has 2 heterocycles. The molecule has 0 fully saturated rings. The molecule has 0 aliphatic carbocycles. The summed E-state index contributed by atoms with van der Waals surface area (Å²) in [6.45, 7) is 15.8. The van der Waals surface area contributed by atoms with Crippen molar-refractivity contribution in [3.8, 4) is 22.3 Å². The van der Waals surface area contributed by atoms with Crippen molar-refractivity contribution in [2.24, 2.45) is 0 Å². The smallest absolute Gasteiger partial charge is 0.0542 e. The fraction of sp³-hybridized carbons (Fsp3) is 0.190. The number of rotatable bonds is 3. The molecule has 0 saturated carbocycles. The Morgan fingerprint density at radius 1 is 0.750 bits per heavy atom. The molecule has 5 aromatic carbocycles. The van der Waals surface area contributed by atoms with E-state index in [1.807, 2.05) is 0 Å². The molecule has 7 rings (SSSR count). The van der Waals surface area contributed by atoms with Gasteiger partial charge in [0.2, 0.25) is 0 Å². The monoisotopic (exact) mass is 572 g/mol. The maximum absolute atomic E-state index is 4.55. The fourth-order valence-electron chi connectivity index (χ4n) is 7.13. The van der Waals surface area contributed by atoms with Crippen molar-refractivity contribution in [1.29, 1.82) is 0 Å². The van der Waals surface area contributed by atoms with Gasteiger partial charge in [0.05, 0.1) is 16.9 Å². The summed E-state index contributed by atoms with van der Waals surface area (Å²) in [5, 5.41) is 3.72. The van der Waals surface area contributed by atoms with Gasteiger partial charge in [0.1, 0.15) is 0 Å². The third-order valence-electron chi connectivity index (χ3n) is 9.75. The number of para-hydroxylation sites is 2. The highest BCUT2D eigenvalue weighted by Gasteiger charge is 2.30. The van der Waals surface area contributed by atoms with Gasteiger partial charge in [-0.05, 0) is 78.9 Å². The number of H-pyrrole nitrogens is 1. The summed E-state index contributed by atoms with van der Waals surface area (Å²) in [6.07, 6.45) is 6.55. The number of hydrogen-bond donors (Lipinski definition) is 1. The normalized spacial score (nSPS) is 15.6. The molecular weight excluding hydrogens is 532 g/mol. The van der Waals surface area contributed by atoms with E-state index in [0.717, 1.165) is 12.8 Å². The first kappa shape index (κ1) is 28.0. The Labute approximate surface area is 261 Å². The molecule has 2 nitrogen and oxygen atoms in total. The van der Waals surface area contributed by atoms with Gasteiger partial charge in [0, 0.05) is 39.2 Å². The van der Waals surface area contributed by atoms with E-state index in [9.17, 15) is 0 Å². The van der Waals surface area contributed by atoms with Gasteiger partial charge in [-0.3, -0.25) is 0 Å². The van der Waals surface area contributed by atoms with Crippen molar-refractivity contribution >= 4 is 33.1 Å². The first-order chi connectivity index (χ1) is 21.3. The second kappa shape index (κ2) is 10.7. The van der Waals surface area contributed by atoms with E-state index < -0.39 is 0 Å². The first-order valence-electron chi connectivity index (χ1n) is 15.7. The summed E-state index contributed by atoms with van der Waals surface area (Å²) in [5.74, 6) is 0. The van der Waals surface area contributed by atoms with Crippen LogP contribution in [0.5, 0.6) is 0 Å². The van der Waals surface area contributed by atoms with Gasteiger partial charge in [-0.15, -0.1) is 0 Å². The molecule has 1 aliphatic heterocycles. The van der Waals surface area contributed by atoms with E-state index in [1.54, 1.807) is 0 Å². The Kier molecular flexibility index (Phi) is 6.81. The summed E-state index contributed by atoms with van der Waals surface area (Å²) >= 11 is 0. The van der Waals surface area contributed by atoms with E-state index in [2.05, 4.69) is 160 Å². The number of benzene rings is 5. The van der Waals surface area contributed by atoms with Crippen LogP contribution in [0.2, 0.25) is 0 Å². The number of nitrogens with zero attached hydrogens (tertiary/aromatic N) is 1. The molecular formula is C42H40N2. The molecule has 0 bridgehead atoms. The molecule has 44 heavy (non-hydrogen) atoms. The predicted octanol–water partition coefficient (Wildman–Crippen LogP) is 11.9. The third-order valence-corrected chi connectivity index (χ3v) is 9.75. The highest BCUT2D eigenvalue weighted by atomic mass is 15.1. The number of fused-ring (bicyclic) bond motifs is 3. The Morgan fingerprint density at radius 3 is 2.30 bits per heavy atom. The number of anilines is 2. The number of aromatic nitrogens is 1. The molecule has 0 saturated heterocycles. The lowest BCUT2D eigenvalue weighted by Gasteiger charge is -2.34. The summed E-state index contributed by atoms with van der Waals surface area (Å²) in [6, 6.07) is 35.7. The fourth-order valence-corrected chi connectivity index (χ4v) is 7.13. The number of allylic oxidation sites excluding steroid dienone is 2. The average molecular weight is 573 g/mol. The van der Waals surface area contributed by atoms with E-state index in [0.29, 0.717) is 0 Å². The number of aromatic amines is 1. The van der Waals surface area contributed by atoms with Gasteiger partial charge in [0.15, 0.2) is 0 Å². The predicted molar refractivity (Wildman–Crippen MR) is 190 cm³/mol. The second-order valence-corrected chi connectivity index (χ2v) is 12.9. The average Bonchev–Trinajstić information content (AvgIpc) is 3.37. The van der Waals surface area contributed by atoms with Crippen molar-refractivity contribution in [3.05, 3.63) is 144 Å². The number of aryl methyl sites for hydroxylation is 3.